The molecule has 0 bridgehead atoms. The van der Waals surface area contributed by atoms with Gasteiger partial charge in [0.15, 0.2) is 0 Å². The summed E-state index contributed by atoms with van der Waals surface area (Å²) in [5.41, 5.74) is 1.80. The van der Waals surface area contributed by atoms with E-state index in [1.165, 1.54) is 6.20 Å². The van der Waals surface area contributed by atoms with Crippen LogP contribution in [0, 0.1) is 12.7 Å². The van der Waals surface area contributed by atoms with Crippen molar-refractivity contribution in [3.05, 3.63) is 76.1 Å². The molecule has 0 atom stereocenters. The fourth-order valence-electron chi connectivity index (χ4n) is 3.54. The molecule has 3 heterocycles. The minimum atomic E-state index is -4.64. The van der Waals surface area contributed by atoms with Crippen molar-refractivity contribution < 1.29 is 22.4 Å². The second kappa shape index (κ2) is 7.47. The van der Waals surface area contributed by atoms with Gasteiger partial charge in [-0.15, -0.1) is 0 Å². The molecule has 1 N–H and O–H groups in total. The normalized spacial score (nSPS) is 13.7. The van der Waals surface area contributed by atoms with Crippen LogP contribution in [0.2, 0.25) is 0 Å². The number of benzene rings is 1. The van der Waals surface area contributed by atoms with Crippen molar-refractivity contribution in [1.82, 2.24) is 20.3 Å². The van der Waals surface area contributed by atoms with Gasteiger partial charge in [0.05, 0.1) is 17.0 Å². The van der Waals surface area contributed by atoms with Gasteiger partial charge in [-0.3, -0.25) is 9.78 Å². The average molecular weight is 416 g/mol. The molecule has 0 spiro atoms. The number of aryl methyl sites for hydroxylation is 1. The standard InChI is InChI=1S/C21H16F4N4O/c1-11-28-15(8-12-6-13(21(23,24)25)9-14(22)7-12)10-18(29-11)19-16-2-5-27-20(30)17(16)3-4-26-19/h3-4,6-7,9-10H,2,5,8H2,1H3,(H,27,30). The first kappa shape index (κ1) is 19.9. The molecule has 0 aliphatic carbocycles. The smallest absolute Gasteiger partial charge is 0.352 e. The lowest BCUT2D eigenvalue weighted by molar-refractivity contribution is -0.137. The second-order valence-corrected chi connectivity index (χ2v) is 7.01. The lowest BCUT2D eigenvalue weighted by Crippen LogP contribution is -2.32. The molecule has 0 unspecified atom stereocenters. The Morgan fingerprint density at radius 3 is 2.70 bits per heavy atom. The van der Waals surface area contributed by atoms with Gasteiger partial charge in [-0.05, 0) is 54.8 Å². The fraction of sp³-hybridized carbons (Fsp3) is 0.238. The first-order chi connectivity index (χ1) is 14.2. The van der Waals surface area contributed by atoms with E-state index in [9.17, 15) is 22.4 Å². The highest BCUT2D eigenvalue weighted by molar-refractivity contribution is 5.98. The van der Waals surface area contributed by atoms with Crippen molar-refractivity contribution >= 4 is 5.91 Å². The summed E-state index contributed by atoms with van der Waals surface area (Å²) in [7, 11) is 0. The van der Waals surface area contributed by atoms with Crippen LogP contribution in [0.3, 0.4) is 0 Å². The largest absolute Gasteiger partial charge is 0.416 e. The molecular formula is C21H16F4N4O. The van der Waals surface area contributed by atoms with Gasteiger partial charge in [-0.25, -0.2) is 14.4 Å². The quantitative estimate of drug-likeness (QED) is 0.658. The van der Waals surface area contributed by atoms with Crippen LogP contribution in [0.5, 0.6) is 0 Å². The van der Waals surface area contributed by atoms with Crippen LogP contribution in [0.15, 0.2) is 36.5 Å². The predicted molar refractivity (Wildman–Crippen MR) is 100 cm³/mol. The number of halogens is 4. The first-order valence-corrected chi connectivity index (χ1v) is 9.18. The summed E-state index contributed by atoms with van der Waals surface area (Å²) < 4.78 is 52.7. The predicted octanol–water partition coefficient (Wildman–Crippen LogP) is 3.88. The van der Waals surface area contributed by atoms with Crippen LogP contribution in [-0.4, -0.2) is 27.4 Å². The molecule has 5 nitrogen and oxygen atoms in total. The van der Waals surface area contributed by atoms with Crippen LogP contribution in [0.4, 0.5) is 17.6 Å². The molecule has 30 heavy (non-hydrogen) atoms. The number of hydrogen-bond acceptors (Lipinski definition) is 4. The molecule has 0 fully saturated rings. The molecule has 3 aromatic rings. The van der Waals surface area contributed by atoms with Crippen molar-refractivity contribution in [2.24, 2.45) is 0 Å². The van der Waals surface area contributed by atoms with E-state index in [0.29, 0.717) is 47.5 Å². The summed E-state index contributed by atoms with van der Waals surface area (Å²) in [4.78, 5) is 25.1. The van der Waals surface area contributed by atoms with E-state index in [4.69, 9.17) is 0 Å². The minimum absolute atomic E-state index is 0.00723. The summed E-state index contributed by atoms with van der Waals surface area (Å²) in [6.07, 6.45) is -2.55. The maximum Gasteiger partial charge on any atom is 0.416 e. The lowest BCUT2D eigenvalue weighted by atomic mass is 9.97. The molecule has 4 rings (SSSR count). The molecule has 0 saturated heterocycles. The third-order valence-corrected chi connectivity index (χ3v) is 4.76. The van der Waals surface area contributed by atoms with Crippen molar-refractivity contribution in [1.29, 1.82) is 0 Å². The average Bonchev–Trinajstić information content (AvgIpc) is 2.66. The molecule has 0 saturated carbocycles. The number of amides is 1. The number of rotatable bonds is 3. The summed E-state index contributed by atoms with van der Waals surface area (Å²) >= 11 is 0. The number of pyridine rings is 1. The zero-order chi connectivity index (χ0) is 21.5. The maximum atomic E-state index is 13.7. The van der Waals surface area contributed by atoms with Gasteiger partial charge in [0.2, 0.25) is 0 Å². The van der Waals surface area contributed by atoms with E-state index >= 15 is 0 Å². The Kier molecular flexibility index (Phi) is 4.97. The highest BCUT2D eigenvalue weighted by atomic mass is 19.4. The van der Waals surface area contributed by atoms with Crippen molar-refractivity contribution in [2.45, 2.75) is 25.9 Å². The Bertz CT molecular complexity index is 1140. The minimum Gasteiger partial charge on any atom is -0.352 e. The second-order valence-electron chi connectivity index (χ2n) is 7.01. The summed E-state index contributed by atoms with van der Waals surface area (Å²) in [6, 6.07) is 5.67. The van der Waals surface area contributed by atoms with E-state index in [0.717, 1.165) is 17.7 Å². The molecule has 1 aliphatic rings. The van der Waals surface area contributed by atoms with Crippen molar-refractivity contribution in [3.63, 3.8) is 0 Å². The Balaban J connectivity index is 1.74. The zero-order valence-corrected chi connectivity index (χ0v) is 15.8. The highest BCUT2D eigenvalue weighted by Gasteiger charge is 2.31. The lowest BCUT2D eigenvalue weighted by Gasteiger charge is -2.19. The first-order valence-electron chi connectivity index (χ1n) is 9.18. The third-order valence-electron chi connectivity index (χ3n) is 4.76. The number of nitrogens with zero attached hydrogens (tertiary/aromatic N) is 3. The fourth-order valence-corrected chi connectivity index (χ4v) is 3.54. The van der Waals surface area contributed by atoms with Crippen molar-refractivity contribution in [3.8, 4) is 11.4 Å². The Hall–Kier alpha value is -3.36. The van der Waals surface area contributed by atoms with E-state index in [1.807, 2.05) is 0 Å². The van der Waals surface area contributed by atoms with Gasteiger partial charge in [0.25, 0.3) is 5.91 Å². The molecular weight excluding hydrogens is 400 g/mol. The number of nitrogens with one attached hydrogen (secondary N) is 1. The van der Waals surface area contributed by atoms with Gasteiger partial charge < -0.3 is 5.32 Å². The number of fused-ring (bicyclic) bond motifs is 1. The number of hydrogen-bond donors (Lipinski definition) is 1. The molecule has 9 heteroatoms. The van der Waals surface area contributed by atoms with Crippen LogP contribution < -0.4 is 5.32 Å². The van der Waals surface area contributed by atoms with Gasteiger partial charge >= 0.3 is 6.18 Å². The number of aromatic nitrogens is 3. The van der Waals surface area contributed by atoms with E-state index in [-0.39, 0.29) is 17.9 Å². The van der Waals surface area contributed by atoms with Gasteiger partial charge in [0, 0.05) is 30.4 Å². The molecule has 2 aromatic heterocycles. The number of carbonyl (C=O) groups is 1. The van der Waals surface area contributed by atoms with Crippen LogP contribution in [0.25, 0.3) is 11.4 Å². The van der Waals surface area contributed by atoms with Gasteiger partial charge in [-0.2, -0.15) is 13.2 Å². The Morgan fingerprint density at radius 1 is 1.13 bits per heavy atom. The van der Waals surface area contributed by atoms with Gasteiger partial charge in [-0.1, -0.05) is 0 Å². The number of alkyl halides is 3. The van der Waals surface area contributed by atoms with E-state index in [1.54, 1.807) is 19.1 Å². The summed E-state index contributed by atoms with van der Waals surface area (Å²) in [6.45, 7) is 2.13. The van der Waals surface area contributed by atoms with Crippen LogP contribution in [-0.2, 0) is 19.0 Å². The van der Waals surface area contributed by atoms with E-state index < -0.39 is 17.6 Å². The van der Waals surface area contributed by atoms with Crippen LogP contribution >= 0.6 is 0 Å². The molecule has 1 aromatic carbocycles. The topological polar surface area (TPSA) is 67.8 Å². The Morgan fingerprint density at radius 2 is 1.93 bits per heavy atom. The molecule has 154 valence electrons. The maximum absolute atomic E-state index is 13.7. The monoisotopic (exact) mass is 416 g/mol. The number of carbonyl (C=O) groups excluding carboxylic acids is 1. The summed E-state index contributed by atoms with van der Waals surface area (Å²) in [5, 5.41) is 2.77. The van der Waals surface area contributed by atoms with Gasteiger partial charge in [0.1, 0.15) is 11.6 Å². The van der Waals surface area contributed by atoms with Crippen LogP contribution in [0.1, 0.15) is 38.6 Å². The molecule has 1 aliphatic heterocycles. The van der Waals surface area contributed by atoms with Crippen molar-refractivity contribution in [2.75, 3.05) is 6.54 Å². The third kappa shape index (κ3) is 4.00. The highest BCUT2D eigenvalue weighted by Crippen LogP contribution is 2.31. The SMILES string of the molecule is Cc1nc(Cc2cc(F)cc(C(F)(F)F)c2)cc(-c2nccc3c2CCNC3=O)n1. The zero-order valence-electron chi connectivity index (χ0n) is 15.8. The summed E-state index contributed by atoms with van der Waals surface area (Å²) in [5.74, 6) is -0.754. The molecule has 1 amide bonds. The Labute approximate surface area is 169 Å². The van der Waals surface area contributed by atoms with E-state index in [2.05, 4.69) is 20.3 Å². The molecule has 0 radical (unpaired) electrons.